The molecule has 64 valence electrons. The third kappa shape index (κ3) is 1.38. The largest absolute Gasteiger partial charge is 0.398 e. The molecular formula is C9H5IN2S. The third-order valence-corrected chi connectivity index (χ3v) is 3.34. The molecule has 0 bridgehead atoms. The molecular weight excluding hydrogens is 295 g/mol. The van der Waals surface area contributed by atoms with Crippen LogP contribution in [0, 0.1) is 14.9 Å². The van der Waals surface area contributed by atoms with Crippen LogP contribution >= 0.6 is 33.9 Å². The van der Waals surface area contributed by atoms with E-state index < -0.39 is 0 Å². The molecule has 1 aromatic heterocycles. The maximum absolute atomic E-state index is 8.82. The average molecular weight is 300 g/mol. The zero-order valence-electron chi connectivity index (χ0n) is 6.54. The van der Waals surface area contributed by atoms with Gasteiger partial charge in [-0.25, -0.2) is 0 Å². The molecule has 0 aliphatic carbocycles. The average Bonchev–Trinajstić information content (AvgIpc) is 2.47. The summed E-state index contributed by atoms with van der Waals surface area (Å²) in [6, 6.07) is 6.06. The van der Waals surface area contributed by atoms with E-state index >= 15 is 0 Å². The van der Waals surface area contributed by atoms with Crippen molar-refractivity contribution >= 4 is 49.7 Å². The molecule has 0 spiro atoms. The van der Waals surface area contributed by atoms with E-state index in [1.54, 1.807) is 11.3 Å². The number of halogens is 1. The van der Waals surface area contributed by atoms with E-state index in [9.17, 15) is 0 Å². The summed E-state index contributed by atoms with van der Waals surface area (Å²) in [5, 5.41) is 11.6. The summed E-state index contributed by atoms with van der Waals surface area (Å²) in [5.74, 6) is 0. The Morgan fingerprint density at radius 2 is 2.23 bits per heavy atom. The first-order chi connectivity index (χ1) is 6.22. The van der Waals surface area contributed by atoms with E-state index in [4.69, 9.17) is 11.0 Å². The van der Waals surface area contributed by atoms with Crippen LogP contribution in [0.3, 0.4) is 0 Å². The van der Waals surface area contributed by atoms with Gasteiger partial charge in [-0.05, 0) is 34.7 Å². The Morgan fingerprint density at radius 1 is 1.46 bits per heavy atom. The lowest BCUT2D eigenvalue weighted by Gasteiger charge is -1.97. The number of nitrogens with two attached hydrogens (primary N) is 1. The van der Waals surface area contributed by atoms with E-state index in [1.165, 1.54) is 0 Å². The highest BCUT2D eigenvalue weighted by molar-refractivity contribution is 14.1. The molecule has 0 saturated carbocycles. The smallest absolute Gasteiger partial charge is 0.101 e. The number of thiophene rings is 1. The zero-order chi connectivity index (χ0) is 9.42. The summed E-state index contributed by atoms with van der Waals surface area (Å²) in [4.78, 5) is 0. The SMILES string of the molecule is N#Cc1csc2cc(I)cc(N)c12. The number of anilines is 1. The van der Waals surface area contributed by atoms with Crippen LogP contribution in [0.15, 0.2) is 17.5 Å². The van der Waals surface area contributed by atoms with Crippen molar-refractivity contribution < 1.29 is 0 Å². The summed E-state index contributed by atoms with van der Waals surface area (Å²) in [5.41, 5.74) is 7.20. The highest BCUT2D eigenvalue weighted by Crippen LogP contribution is 2.31. The number of fused-ring (bicyclic) bond motifs is 1. The molecule has 4 heteroatoms. The number of nitrogen functional groups attached to an aromatic ring is 1. The number of nitriles is 1. The Bertz CT molecular complexity index is 510. The first kappa shape index (κ1) is 8.78. The van der Waals surface area contributed by atoms with Gasteiger partial charge in [0.25, 0.3) is 0 Å². The van der Waals surface area contributed by atoms with Gasteiger partial charge in [0.2, 0.25) is 0 Å². The molecule has 0 aliphatic rings. The van der Waals surface area contributed by atoms with E-state index in [-0.39, 0.29) is 0 Å². The van der Waals surface area contributed by atoms with Gasteiger partial charge >= 0.3 is 0 Å². The summed E-state index contributed by atoms with van der Waals surface area (Å²) < 4.78 is 2.19. The quantitative estimate of drug-likeness (QED) is 0.600. The molecule has 2 aromatic rings. The Labute approximate surface area is 93.1 Å². The molecule has 0 unspecified atom stereocenters. The van der Waals surface area contributed by atoms with Crippen LogP contribution in [-0.2, 0) is 0 Å². The monoisotopic (exact) mass is 300 g/mol. The van der Waals surface area contributed by atoms with Crippen LogP contribution < -0.4 is 5.73 Å². The summed E-state index contributed by atoms with van der Waals surface area (Å²) in [7, 11) is 0. The van der Waals surface area contributed by atoms with Gasteiger partial charge < -0.3 is 5.73 Å². The minimum Gasteiger partial charge on any atom is -0.398 e. The lowest BCUT2D eigenvalue weighted by molar-refractivity contribution is 1.52. The molecule has 2 N–H and O–H groups in total. The Kier molecular flexibility index (Phi) is 2.14. The minimum atomic E-state index is 0.675. The van der Waals surface area contributed by atoms with Crippen molar-refractivity contribution in [2.45, 2.75) is 0 Å². The number of benzene rings is 1. The maximum Gasteiger partial charge on any atom is 0.101 e. The van der Waals surface area contributed by atoms with Gasteiger partial charge in [0, 0.05) is 24.7 Å². The highest BCUT2D eigenvalue weighted by atomic mass is 127. The Morgan fingerprint density at radius 3 is 2.92 bits per heavy atom. The van der Waals surface area contributed by atoms with Crippen molar-refractivity contribution in [2.24, 2.45) is 0 Å². The van der Waals surface area contributed by atoms with Crippen LogP contribution in [-0.4, -0.2) is 0 Å². The molecule has 1 aromatic carbocycles. The molecule has 1 heterocycles. The highest BCUT2D eigenvalue weighted by Gasteiger charge is 2.07. The second-order valence-electron chi connectivity index (χ2n) is 2.63. The van der Waals surface area contributed by atoms with Crippen molar-refractivity contribution in [2.75, 3.05) is 5.73 Å². The van der Waals surface area contributed by atoms with Gasteiger partial charge in [0.15, 0.2) is 0 Å². The van der Waals surface area contributed by atoms with Gasteiger partial charge in [-0.3, -0.25) is 0 Å². The van der Waals surface area contributed by atoms with Crippen LogP contribution in [0.5, 0.6) is 0 Å². The number of nitrogens with zero attached hydrogens (tertiary/aromatic N) is 1. The van der Waals surface area contributed by atoms with Crippen LogP contribution in [0.1, 0.15) is 5.56 Å². The van der Waals surface area contributed by atoms with Crippen molar-refractivity contribution in [1.82, 2.24) is 0 Å². The first-order valence-corrected chi connectivity index (χ1v) is 5.54. The fourth-order valence-electron chi connectivity index (χ4n) is 1.25. The van der Waals surface area contributed by atoms with Crippen molar-refractivity contribution in [3.8, 4) is 6.07 Å². The molecule has 13 heavy (non-hydrogen) atoms. The van der Waals surface area contributed by atoms with Crippen molar-refractivity contribution in [1.29, 1.82) is 5.26 Å². The van der Waals surface area contributed by atoms with Crippen LogP contribution in [0.4, 0.5) is 5.69 Å². The molecule has 0 radical (unpaired) electrons. The van der Waals surface area contributed by atoms with E-state index in [2.05, 4.69) is 28.7 Å². The molecule has 0 fully saturated rings. The minimum absolute atomic E-state index is 0.675. The summed E-state index contributed by atoms with van der Waals surface area (Å²) in [6.45, 7) is 0. The van der Waals surface area contributed by atoms with Gasteiger partial charge in [-0.2, -0.15) is 5.26 Å². The zero-order valence-corrected chi connectivity index (χ0v) is 9.52. The third-order valence-electron chi connectivity index (χ3n) is 1.79. The lowest BCUT2D eigenvalue weighted by atomic mass is 10.1. The standard InChI is InChI=1S/C9H5IN2S/c10-6-1-7(12)9-5(3-11)4-13-8(9)2-6/h1-2,4H,12H2. The second-order valence-corrected chi connectivity index (χ2v) is 4.79. The fraction of sp³-hybridized carbons (Fsp3) is 0. The Balaban J connectivity index is 2.92. The van der Waals surface area contributed by atoms with Gasteiger partial charge in [-0.1, -0.05) is 0 Å². The maximum atomic E-state index is 8.82. The first-order valence-electron chi connectivity index (χ1n) is 3.58. The Hall–Kier alpha value is -0.800. The van der Waals surface area contributed by atoms with Crippen LogP contribution in [0.25, 0.3) is 10.1 Å². The summed E-state index contributed by atoms with van der Waals surface area (Å²) >= 11 is 3.78. The predicted octanol–water partition coefficient (Wildman–Crippen LogP) is 2.96. The van der Waals surface area contributed by atoms with E-state index in [0.29, 0.717) is 11.3 Å². The summed E-state index contributed by atoms with van der Waals surface area (Å²) in [6.07, 6.45) is 0. The van der Waals surface area contributed by atoms with Gasteiger partial charge in [-0.15, -0.1) is 11.3 Å². The lowest BCUT2D eigenvalue weighted by Crippen LogP contribution is -1.87. The number of hydrogen-bond acceptors (Lipinski definition) is 3. The fourth-order valence-corrected chi connectivity index (χ4v) is 3.06. The topological polar surface area (TPSA) is 49.8 Å². The molecule has 0 amide bonds. The van der Waals surface area contributed by atoms with Crippen molar-refractivity contribution in [3.05, 3.63) is 26.6 Å². The normalized spacial score (nSPS) is 10.2. The molecule has 0 atom stereocenters. The van der Waals surface area contributed by atoms with Gasteiger partial charge in [0.1, 0.15) is 6.07 Å². The van der Waals surface area contributed by atoms with Crippen molar-refractivity contribution in [3.63, 3.8) is 0 Å². The molecule has 0 saturated heterocycles. The number of rotatable bonds is 0. The van der Waals surface area contributed by atoms with Gasteiger partial charge in [0.05, 0.1) is 5.56 Å². The molecule has 2 rings (SSSR count). The van der Waals surface area contributed by atoms with E-state index in [1.807, 2.05) is 17.5 Å². The van der Waals surface area contributed by atoms with Crippen LogP contribution in [0.2, 0.25) is 0 Å². The predicted molar refractivity (Wildman–Crippen MR) is 63.7 cm³/mol. The number of hydrogen-bond donors (Lipinski definition) is 1. The second kappa shape index (κ2) is 3.16. The van der Waals surface area contributed by atoms with E-state index in [0.717, 1.165) is 13.7 Å². The molecule has 0 aliphatic heterocycles. The molecule has 2 nitrogen and oxygen atoms in total.